The fourth-order valence-electron chi connectivity index (χ4n) is 2.35. The molecule has 2 aromatic rings. The van der Waals surface area contributed by atoms with Gasteiger partial charge in [0.25, 0.3) is 0 Å². The van der Waals surface area contributed by atoms with Crippen LogP contribution in [-0.4, -0.2) is 23.5 Å². The highest BCUT2D eigenvalue weighted by Crippen LogP contribution is 2.37. The normalized spacial score (nSPS) is 10.5. The Morgan fingerprint density at radius 1 is 1.18 bits per heavy atom. The Bertz CT molecular complexity index is 678. The van der Waals surface area contributed by atoms with Gasteiger partial charge in [0.05, 0.1) is 10.0 Å². The van der Waals surface area contributed by atoms with Crippen LogP contribution >= 0.6 is 23.2 Å². The number of phenols is 1. The van der Waals surface area contributed by atoms with Gasteiger partial charge in [0.15, 0.2) is 5.75 Å². The van der Waals surface area contributed by atoms with Crippen LogP contribution in [0.25, 0.3) is 11.1 Å². The molecule has 3 nitrogen and oxygen atoms in total. The third-order valence-corrected chi connectivity index (χ3v) is 4.07. The lowest BCUT2D eigenvalue weighted by Gasteiger charge is -2.15. The van der Waals surface area contributed by atoms with Crippen molar-refractivity contribution in [3.05, 3.63) is 51.5 Å². The summed E-state index contributed by atoms with van der Waals surface area (Å²) in [6.07, 6.45) is 1.65. The molecule has 0 atom stereocenters. The number of rotatable bonds is 5. The highest BCUT2D eigenvalue weighted by atomic mass is 35.5. The molecule has 5 heteroatoms. The fraction of sp³-hybridized carbons (Fsp3) is 0.235. The summed E-state index contributed by atoms with van der Waals surface area (Å²) in [7, 11) is 1.73. The first kappa shape index (κ1) is 16.7. The van der Waals surface area contributed by atoms with Crippen LogP contribution < -0.4 is 0 Å². The van der Waals surface area contributed by atoms with Crippen LogP contribution in [0.15, 0.2) is 30.3 Å². The first-order valence-corrected chi connectivity index (χ1v) is 7.67. The zero-order valence-electron chi connectivity index (χ0n) is 12.4. The third-order valence-electron chi connectivity index (χ3n) is 3.49. The molecular formula is C17H17Cl2NO2. The molecule has 0 unspecified atom stereocenters. The van der Waals surface area contributed by atoms with Crippen LogP contribution in [0.3, 0.4) is 0 Å². The molecule has 0 aliphatic rings. The second-order valence-corrected chi connectivity index (χ2v) is 5.97. The van der Waals surface area contributed by atoms with E-state index in [-0.39, 0.29) is 15.8 Å². The van der Waals surface area contributed by atoms with Crippen molar-refractivity contribution in [1.29, 1.82) is 0 Å². The van der Waals surface area contributed by atoms with E-state index in [9.17, 15) is 9.90 Å². The first-order valence-electron chi connectivity index (χ1n) is 6.92. The maximum absolute atomic E-state index is 10.8. The van der Waals surface area contributed by atoms with Gasteiger partial charge < -0.3 is 10.0 Å². The number of aryl methyl sites for hydroxylation is 1. The molecule has 0 saturated carbocycles. The van der Waals surface area contributed by atoms with Crippen molar-refractivity contribution in [3.63, 3.8) is 0 Å². The van der Waals surface area contributed by atoms with Gasteiger partial charge in [0.1, 0.15) is 0 Å². The Kier molecular flexibility index (Phi) is 5.33. The van der Waals surface area contributed by atoms with Gasteiger partial charge in [-0.2, -0.15) is 0 Å². The number of phenolic OH excluding ortho intramolecular Hbond substituents is 1. The third kappa shape index (κ3) is 3.54. The van der Waals surface area contributed by atoms with Gasteiger partial charge in [-0.1, -0.05) is 42.3 Å². The van der Waals surface area contributed by atoms with Crippen LogP contribution in [0.4, 0.5) is 0 Å². The van der Waals surface area contributed by atoms with Crippen molar-refractivity contribution in [2.45, 2.75) is 19.9 Å². The quantitative estimate of drug-likeness (QED) is 0.815. The molecule has 0 spiro atoms. The minimum atomic E-state index is -0.109. The summed E-state index contributed by atoms with van der Waals surface area (Å²) in [6.45, 7) is 2.60. The monoisotopic (exact) mass is 337 g/mol. The first-order chi connectivity index (χ1) is 10.5. The van der Waals surface area contributed by atoms with Crippen LogP contribution in [0.5, 0.6) is 5.75 Å². The lowest BCUT2D eigenvalue weighted by Crippen LogP contribution is -2.15. The molecule has 1 N–H and O–H groups in total. The number of hydrogen-bond donors (Lipinski definition) is 1. The van der Waals surface area contributed by atoms with E-state index >= 15 is 0 Å². The zero-order chi connectivity index (χ0) is 16.3. The maximum Gasteiger partial charge on any atom is 0.209 e. The number of benzene rings is 2. The number of hydrogen-bond acceptors (Lipinski definition) is 2. The number of carbonyl (C=O) groups is 1. The van der Waals surface area contributed by atoms with Gasteiger partial charge >= 0.3 is 0 Å². The van der Waals surface area contributed by atoms with E-state index in [4.69, 9.17) is 23.2 Å². The van der Waals surface area contributed by atoms with E-state index in [2.05, 4.69) is 6.92 Å². The SMILES string of the molecule is CCc1ccc(CN(C)C=O)cc1-c1cc(Cl)c(O)c(Cl)c1. The largest absolute Gasteiger partial charge is 0.505 e. The molecule has 2 rings (SSSR count). The zero-order valence-corrected chi connectivity index (χ0v) is 13.9. The molecule has 0 saturated heterocycles. The second kappa shape index (κ2) is 7.03. The molecule has 2 aromatic carbocycles. The van der Waals surface area contributed by atoms with E-state index in [0.717, 1.165) is 35.1 Å². The fourth-order valence-corrected chi connectivity index (χ4v) is 2.83. The van der Waals surface area contributed by atoms with Gasteiger partial charge in [-0.05, 0) is 46.9 Å². The number of aromatic hydroxyl groups is 1. The number of nitrogens with zero attached hydrogens (tertiary/aromatic N) is 1. The van der Waals surface area contributed by atoms with E-state index in [0.29, 0.717) is 6.54 Å². The van der Waals surface area contributed by atoms with Crippen LogP contribution in [0.2, 0.25) is 10.0 Å². The topological polar surface area (TPSA) is 40.5 Å². The van der Waals surface area contributed by atoms with E-state index in [1.807, 2.05) is 18.2 Å². The minimum absolute atomic E-state index is 0.109. The summed E-state index contributed by atoms with van der Waals surface area (Å²) in [5.41, 5.74) is 4.01. The predicted molar refractivity (Wildman–Crippen MR) is 90.5 cm³/mol. The molecule has 1 amide bonds. The van der Waals surface area contributed by atoms with E-state index in [1.165, 1.54) is 0 Å². The number of halogens is 2. The van der Waals surface area contributed by atoms with Gasteiger partial charge in [0.2, 0.25) is 6.41 Å². The predicted octanol–water partition coefficient (Wildman–Crippen LogP) is 4.52. The average molecular weight is 338 g/mol. The highest BCUT2D eigenvalue weighted by Gasteiger charge is 2.12. The summed E-state index contributed by atoms with van der Waals surface area (Å²) in [5, 5.41) is 10.1. The lowest BCUT2D eigenvalue weighted by atomic mass is 9.95. The molecule has 0 radical (unpaired) electrons. The Morgan fingerprint density at radius 3 is 2.36 bits per heavy atom. The van der Waals surface area contributed by atoms with Crippen molar-refractivity contribution < 1.29 is 9.90 Å². The Hall–Kier alpha value is -1.71. The average Bonchev–Trinajstić information content (AvgIpc) is 2.51. The summed E-state index contributed by atoms with van der Waals surface area (Å²) in [5.74, 6) is -0.109. The molecule has 116 valence electrons. The Morgan fingerprint density at radius 2 is 1.82 bits per heavy atom. The van der Waals surface area contributed by atoms with Crippen molar-refractivity contribution in [2.24, 2.45) is 0 Å². The van der Waals surface area contributed by atoms with Crippen molar-refractivity contribution in [2.75, 3.05) is 7.05 Å². The van der Waals surface area contributed by atoms with Crippen LogP contribution in [0, 0.1) is 0 Å². The molecule has 0 aliphatic heterocycles. The van der Waals surface area contributed by atoms with Crippen molar-refractivity contribution in [1.82, 2.24) is 4.90 Å². The summed E-state index contributed by atoms with van der Waals surface area (Å²) < 4.78 is 0. The molecule has 0 bridgehead atoms. The second-order valence-electron chi connectivity index (χ2n) is 5.15. The molecule has 0 heterocycles. The number of amides is 1. The smallest absolute Gasteiger partial charge is 0.209 e. The molecule has 22 heavy (non-hydrogen) atoms. The minimum Gasteiger partial charge on any atom is -0.505 e. The summed E-state index contributed by atoms with van der Waals surface area (Å²) >= 11 is 12.0. The lowest BCUT2D eigenvalue weighted by molar-refractivity contribution is -0.117. The standard InChI is InChI=1S/C17H17Cl2NO2/c1-3-12-5-4-11(9-20(2)10-21)6-14(12)13-7-15(18)17(22)16(19)8-13/h4-8,10,22H,3,9H2,1-2H3. The highest BCUT2D eigenvalue weighted by molar-refractivity contribution is 6.37. The van der Waals surface area contributed by atoms with Crippen LogP contribution in [0.1, 0.15) is 18.1 Å². The van der Waals surface area contributed by atoms with Crippen molar-refractivity contribution in [3.8, 4) is 16.9 Å². The van der Waals surface area contributed by atoms with E-state index < -0.39 is 0 Å². The summed E-state index contributed by atoms with van der Waals surface area (Å²) in [6, 6.07) is 9.47. The molecule has 0 aliphatic carbocycles. The Balaban J connectivity index is 2.52. The van der Waals surface area contributed by atoms with Gasteiger partial charge in [-0.3, -0.25) is 4.79 Å². The molecule has 0 aromatic heterocycles. The number of carbonyl (C=O) groups excluding carboxylic acids is 1. The van der Waals surface area contributed by atoms with E-state index in [1.54, 1.807) is 24.1 Å². The van der Waals surface area contributed by atoms with Gasteiger partial charge in [-0.15, -0.1) is 0 Å². The molecule has 0 fully saturated rings. The summed E-state index contributed by atoms with van der Waals surface area (Å²) in [4.78, 5) is 12.3. The van der Waals surface area contributed by atoms with Crippen molar-refractivity contribution >= 4 is 29.6 Å². The van der Waals surface area contributed by atoms with Gasteiger partial charge in [-0.25, -0.2) is 0 Å². The van der Waals surface area contributed by atoms with Crippen LogP contribution in [-0.2, 0) is 17.8 Å². The maximum atomic E-state index is 10.8. The molecular weight excluding hydrogens is 321 g/mol. The Labute approximate surface area is 140 Å². The van der Waals surface area contributed by atoms with Gasteiger partial charge in [0, 0.05) is 13.6 Å².